The van der Waals surface area contributed by atoms with Crippen molar-refractivity contribution >= 4 is 23.2 Å². The number of hydrogen-bond acceptors (Lipinski definition) is 3. The molecule has 118 valence electrons. The topological polar surface area (TPSA) is 58.6 Å². The second kappa shape index (κ2) is 6.52. The molecule has 2 amide bonds. The van der Waals surface area contributed by atoms with E-state index in [1.54, 1.807) is 36.3 Å². The molecule has 2 aromatic carbocycles. The number of nitrogens with one attached hydrogen (secondary N) is 1. The van der Waals surface area contributed by atoms with Crippen molar-refractivity contribution in [1.82, 2.24) is 0 Å². The van der Waals surface area contributed by atoms with Gasteiger partial charge in [0.15, 0.2) is 0 Å². The van der Waals surface area contributed by atoms with Gasteiger partial charge in [0.05, 0.1) is 7.11 Å². The van der Waals surface area contributed by atoms with Crippen LogP contribution in [0, 0.1) is 0 Å². The summed E-state index contributed by atoms with van der Waals surface area (Å²) in [5.74, 6) is 0.529. The molecule has 1 aliphatic rings. The van der Waals surface area contributed by atoms with Crippen molar-refractivity contribution in [3.63, 3.8) is 0 Å². The zero-order valence-corrected chi connectivity index (χ0v) is 12.9. The maximum atomic E-state index is 12.6. The molecule has 0 saturated carbocycles. The first-order valence-electron chi connectivity index (χ1n) is 7.51. The minimum Gasteiger partial charge on any atom is -0.497 e. The molecule has 1 atom stereocenters. The Balaban J connectivity index is 1.76. The number of rotatable bonds is 4. The lowest BCUT2D eigenvalue weighted by Crippen LogP contribution is -2.41. The van der Waals surface area contributed by atoms with Gasteiger partial charge in [0.1, 0.15) is 11.8 Å². The summed E-state index contributed by atoms with van der Waals surface area (Å²) in [6, 6.07) is 15.9. The summed E-state index contributed by atoms with van der Waals surface area (Å²) in [6.45, 7) is 0. The van der Waals surface area contributed by atoms with Gasteiger partial charge < -0.3 is 10.1 Å². The minimum absolute atomic E-state index is 0.0221. The zero-order valence-electron chi connectivity index (χ0n) is 12.9. The molecule has 5 nitrogen and oxygen atoms in total. The van der Waals surface area contributed by atoms with E-state index < -0.39 is 6.04 Å². The highest BCUT2D eigenvalue weighted by atomic mass is 16.5. The monoisotopic (exact) mass is 310 g/mol. The lowest BCUT2D eigenvalue weighted by molar-refractivity contribution is -0.120. The van der Waals surface area contributed by atoms with Crippen molar-refractivity contribution in [3.05, 3.63) is 54.6 Å². The molecule has 0 bridgehead atoms. The summed E-state index contributed by atoms with van der Waals surface area (Å²) >= 11 is 0. The quantitative estimate of drug-likeness (QED) is 0.944. The van der Waals surface area contributed by atoms with E-state index in [2.05, 4.69) is 5.32 Å². The van der Waals surface area contributed by atoms with Gasteiger partial charge in [-0.3, -0.25) is 14.5 Å². The number of anilines is 2. The van der Waals surface area contributed by atoms with Crippen molar-refractivity contribution in [1.29, 1.82) is 0 Å². The average Bonchev–Trinajstić information content (AvgIpc) is 2.98. The Morgan fingerprint density at radius 3 is 2.48 bits per heavy atom. The van der Waals surface area contributed by atoms with Crippen LogP contribution >= 0.6 is 0 Å². The van der Waals surface area contributed by atoms with Crippen LogP contribution in [0.25, 0.3) is 0 Å². The van der Waals surface area contributed by atoms with Gasteiger partial charge in [-0.05, 0) is 42.8 Å². The number of para-hydroxylation sites is 1. The Morgan fingerprint density at radius 2 is 1.83 bits per heavy atom. The SMILES string of the molecule is COc1ccc(NC(=O)C2CCC(=O)N2c2ccccc2)cc1. The highest BCUT2D eigenvalue weighted by Gasteiger charge is 2.36. The van der Waals surface area contributed by atoms with E-state index in [4.69, 9.17) is 4.74 Å². The summed E-state index contributed by atoms with van der Waals surface area (Å²) < 4.78 is 5.10. The molecule has 1 saturated heterocycles. The highest BCUT2D eigenvalue weighted by molar-refractivity contribution is 6.07. The van der Waals surface area contributed by atoms with E-state index in [-0.39, 0.29) is 11.8 Å². The van der Waals surface area contributed by atoms with Crippen LogP contribution in [0.3, 0.4) is 0 Å². The standard InChI is InChI=1S/C18H18N2O3/c1-23-15-9-7-13(8-10-15)19-18(22)16-11-12-17(21)20(16)14-5-3-2-4-6-14/h2-10,16H,11-12H2,1H3,(H,19,22). The molecule has 1 aliphatic heterocycles. The minimum atomic E-state index is -0.480. The van der Waals surface area contributed by atoms with E-state index in [0.29, 0.717) is 18.5 Å². The Labute approximate surface area is 134 Å². The van der Waals surface area contributed by atoms with Gasteiger partial charge in [0, 0.05) is 17.8 Å². The summed E-state index contributed by atoms with van der Waals surface area (Å²) in [4.78, 5) is 26.3. The number of methoxy groups -OCH3 is 1. The normalized spacial score (nSPS) is 17.2. The predicted molar refractivity (Wildman–Crippen MR) is 88.6 cm³/mol. The van der Waals surface area contributed by atoms with Gasteiger partial charge in [0.25, 0.3) is 0 Å². The smallest absolute Gasteiger partial charge is 0.247 e. The molecular weight excluding hydrogens is 292 g/mol. The fraction of sp³-hybridized carbons (Fsp3) is 0.222. The number of hydrogen-bond donors (Lipinski definition) is 1. The zero-order chi connectivity index (χ0) is 16.2. The van der Waals surface area contributed by atoms with Crippen molar-refractivity contribution in [2.75, 3.05) is 17.3 Å². The third kappa shape index (κ3) is 3.18. The molecular formula is C18H18N2O3. The number of carbonyl (C=O) groups is 2. The van der Waals surface area contributed by atoms with E-state index in [1.807, 2.05) is 30.3 Å². The van der Waals surface area contributed by atoms with Crippen LogP contribution in [-0.4, -0.2) is 25.0 Å². The van der Waals surface area contributed by atoms with Crippen molar-refractivity contribution < 1.29 is 14.3 Å². The van der Waals surface area contributed by atoms with Crippen molar-refractivity contribution in [2.24, 2.45) is 0 Å². The second-order valence-electron chi connectivity index (χ2n) is 5.37. The van der Waals surface area contributed by atoms with E-state index >= 15 is 0 Å². The summed E-state index contributed by atoms with van der Waals surface area (Å²) in [5.41, 5.74) is 1.44. The van der Waals surface area contributed by atoms with Gasteiger partial charge in [-0.1, -0.05) is 18.2 Å². The largest absolute Gasteiger partial charge is 0.497 e. The Kier molecular flexibility index (Phi) is 4.28. The molecule has 1 heterocycles. The van der Waals surface area contributed by atoms with E-state index in [9.17, 15) is 9.59 Å². The summed E-state index contributed by atoms with van der Waals surface area (Å²) in [5, 5.41) is 2.87. The molecule has 1 fully saturated rings. The fourth-order valence-corrected chi connectivity index (χ4v) is 2.74. The lowest BCUT2D eigenvalue weighted by atomic mass is 10.2. The van der Waals surface area contributed by atoms with Crippen LogP contribution in [-0.2, 0) is 9.59 Å². The number of ether oxygens (including phenoxy) is 1. The highest BCUT2D eigenvalue weighted by Crippen LogP contribution is 2.27. The molecule has 2 aromatic rings. The Hall–Kier alpha value is -2.82. The molecule has 0 aromatic heterocycles. The fourth-order valence-electron chi connectivity index (χ4n) is 2.74. The third-order valence-electron chi connectivity index (χ3n) is 3.91. The molecule has 0 spiro atoms. The van der Waals surface area contributed by atoms with Crippen molar-refractivity contribution in [3.8, 4) is 5.75 Å². The van der Waals surface area contributed by atoms with Crippen LogP contribution < -0.4 is 15.0 Å². The Bertz CT molecular complexity index is 698. The number of amides is 2. The van der Waals surface area contributed by atoms with Crippen molar-refractivity contribution in [2.45, 2.75) is 18.9 Å². The maximum Gasteiger partial charge on any atom is 0.247 e. The van der Waals surface area contributed by atoms with Gasteiger partial charge in [0.2, 0.25) is 11.8 Å². The van der Waals surface area contributed by atoms with Crippen LogP contribution in [0.2, 0.25) is 0 Å². The van der Waals surface area contributed by atoms with E-state index in [0.717, 1.165) is 11.4 Å². The van der Waals surface area contributed by atoms with Gasteiger partial charge in [-0.25, -0.2) is 0 Å². The van der Waals surface area contributed by atoms with Crippen LogP contribution in [0.5, 0.6) is 5.75 Å². The van der Waals surface area contributed by atoms with Gasteiger partial charge in [-0.15, -0.1) is 0 Å². The van der Waals surface area contributed by atoms with E-state index in [1.165, 1.54) is 0 Å². The van der Waals surface area contributed by atoms with Crippen LogP contribution in [0.4, 0.5) is 11.4 Å². The number of benzene rings is 2. The number of carbonyl (C=O) groups excluding carboxylic acids is 2. The maximum absolute atomic E-state index is 12.6. The number of nitrogens with zero attached hydrogens (tertiary/aromatic N) is 1. The first-order chi connectivity index (χ1) is 11.2. The summed E-state index contributed by atoms with van der Waals surface area (Å²) in [6.07, 6.45) is 0.908. The third-order valence-corrected chi connectivity index (χ3v) is 3.91. The molecule has 0 aliphatic carbocycles. The molecule has 0 radical (unpaired) electrons. The Morgan fingerprint density at radius 1 is 1.13 bits per heavy atom. The van der Waals surface area contributed by atoms with Crippen LogP contribution in [0.15, 0.2) is 54.6 Å². The second-order valence-corrected chi connectivity index (χ2v) is 5.37. The van der Waals surface area contributed by atoms with Gasteiger partial charge in [-0.2, -0.15) is 0 Å². The molecule has 1 unspecified atom stereocenters. The molecule has 5 heteroatoms. The van der Waals surface area contributed by atoms with Gasteiger partial charge >= 0.3 is 0 Å². The molecule has 3 rings (SSSR count). The first-order valence-corrected chi connectivity index (χ1v) is 7.51. The molecule has 1 N–H and O–H groups in total. The molecule has 23 heavy (non-hydrogen) atoms. The lowest BCUT2D eigenvalue weighted by Gasteiger charge is -2.24. The first kappa shape index (κ1) is 15.1. The predicted octanol–water partition coefficient (Wildman–Crippen LogP) is 2.83. The summed E-state index contributed by atoms with van der Waals surface area (Å²) in [7, 11) is 1.59. The van der Waals surface area contributed by atoms with Crippen LogP contribution in [0.1, 0.15) is 12.8 Å². The average molecular weight is 310 g/mol.